The maximum Gasteiger partial charge on any atom is 0.334 e. The van der Waals surface area contributed by atoms with E-state index in [0.717, 1.165) is 5.56 Å². The number of hydrogen-bond acceptors (Lipinski definition) is 5. The van der Waals surface area contributed by atoms with Gasteiger partial charge in [0.25, 0.3) is 5.88 Å². The second-order valence-corrected chi connectivity index (χ2v) is 4.32. The number of rotatable bonds is 5. The van der Waals surface area contributed by atoms with Crippen molar-refractivity contribution in [3.8, 4) is 11.6 Å². The molecule has 0 aliphatic rings. The first-order chi connectivity index (χ1) is 9.61. The third-order valence-electron chi connectivity index (χ3n) is 2.77. The summed E-state index contributed by atoms with van der Waals surface area (Å²) < 4.78 is 5.56. The molecule has 1 aromatic heterocycles. The molecule has 0 spiro atoms. The average molecular weight is 273 g/mol. The fraction of sp³-hybridized carbons (Fsp3) is 0.214. The second-order valence-electron chi connectivity index (χ2n) is 4.32. The molecule has 1 N–H and O–H groups in total. The average Bonchev–Trinajstić information content (AvgIpc) is 2.39. The predicted octanol–water partition coefficient (Wildman–Crippen LogP) is 2.81. The normalized spacial score (nSPS) is 10.3. The van der Waals surface area contributed by atoms with Gasteiger partial charge in [0.2, 0.25) is 0 Å². The molecule has 0 aliphatic carbocycles. The van der Waals surface area contributed by atoms with Crippen molar-refractivity contribution in [1.29, 1.82) is 0 Å². The van der Waals surface area contributed by atoms with Crippen LogP contribution in [0.5, 0.6) is 11.6 Å². The quantitative estimate of drug-likeness (QED) is 0.669. The van der Waals surface area contributed by atoms with E-state index >= 15 is 0 Å². The van der Waals surface area contributed by atoms with Crippen LogP contribution in [-0.2, 0) is 6.54 Å². The summed E-state index contributed by atoms with van der Waals surface area (Å²) in [6.45, 7) is 2.35. The number of aromatic nitrogens is 1. The van der Waals surface area contributed by atoms with Gasteiger partial charge in [-0.1, -0.05) is 12.1 Å². The van der Waals surface area contributed by atoms with E-state index in [2.05, 4.69) is 10.3 Å². The van der Waals surface area contributed by atoms with Crippen LogP contribution in [0.15, 0.2) is 36.5 Å². The Bertz CT molecular complexity index is 629. The molecule has 0 saturated carbocycles. The monoisotopic (exact) mass is 273 g/mol. The lowest BCUT2D eigenvalue weighted by atomic mass is 10.2. The highest BCUT2D eigenvalue weighted by Gasteiger charge is 2.20. The van der Waals surface area contributed by atoms with Gasteiger partial charge in [-0.3, -0.25) is 10.1 Å². The zero-order valence-electron chi connectivity index (χ0n) is 11.3. The van der Waals surface area contributed by atoms with E-state index in [9.17, 15) is 10.1 Å². The van der Waals surface area contributed by atoms with Gasteiger partial charge in [0.05, 0.1) is 4.92 Å². The number of aryl methyl sites for hydroxylation is 1. The zero-order chi connectivity index (χ0) is 14.5. The van der Waals surface area contributed by atoms with Gasteiger partial charge >= 0.3 is 5.69 Å². The van der Waals surface area contributed by atoms with Crippen molar-refractivity contribution in [2.75, 3.05) is 7.05 Å². The van der Waals surface area contributed by atoms with Crippen molar-refractivity contribution < 1.29 is 9.66 Å². The first-order valence-electron chi connectivity index (χ1n) is 6.13. The van der Waals surface area contributed by atoms with E-state index in [1.54, 1.807) is 19.1 Å². The maximum absolute atomic E-state index is 11.1. The van der Waals surface area contributed by atoms with Crippen LogP contribution in [-0.4, -0.2) is 17.0 Å². The van der Waals surface area contributed by atoms with E-state index in [-0.39, 0.29) is 11.6 Å². The van der Waals surface area contributed by atoms with Gasteiger partial charge < -0.3 is 10.1 Å². The Balaban J connectivity index is 2.32. The van der Waals surface area contributed by atoms with E-state index in [4.69, 9.17) is 4.74 Å². The topological polar surface area (TPSA) is 77.3 Å². The number of nitro groups is 1. The molecule has 0 aliphatic heterocycles. The minimum absolute atomic E-state index is 0.0107. The summed E-state index contributed by atoms with van der Waals surface area (Å²) in [4.78, 5) is 14.6. The van der Waals surface area contributed by atoms with Crippen molar-refractivity contribution in [2.45, 2.75) is 13.5 Å². The Kier molecular flexibility index (Phi) is 4.27. The number of pyridine rings is 1. The molecular formula is C14H15N3O3. The lowest BCUT2D eigenvalue weighted by Gasteiger charge is -2.08. The molecule has 0 radical (unpaired) electrons. The molecule has 0 saturated heterocycles. The van der Waals surface area contributed by atoms with Gasteiger partial charge in [-0.25, -0.2) is 4.98 Å². The van der Waals surface area contributed by atoms with Crippen LogP contribution in [0.3, 0.4) is 0 Å². The number of nitrogens with one attached hydrogen (secondary N) is 1. The van der Waals surface area contributed by atoms with Crippen molar-refractivity contribution in [1.82, 2.24) is 10.3 Å². The lowest BCUT2D eigenvalue weighted by Crippen LogP contribution is -2.05. The largest absolute Gasteiger partial charge is 0.434 e. The molecule has 2 aromatic rings. The van der Waals surface area contributed by atoms with Crippen molar-refractivity contribution in [3.63, 3.8) is 0 Å². The smallest absolute Gasteiger partial charge is 0.334 e. The summed E-state index contributed by atoms with van der Waals surface area (Å²) in [5.41, 5.74) is 1.44. The molecule has 0 fully saturated rings. The molecule has 0 atom stereocenters. The first kappa shape index (κ1) is 14.0. The summed E-state index contributed by atoms with van der Waals surface area (Å²) in [7, 11) is 1.85. The van der Waals surface area contributed by atoms with Crippen molar-refractivity contribution in [2.24, 2.45) is 0 Å². The molecule has 0 unspecified atom stereocenters. The van der Waals surface area contributed by atoms with Gasteiger partial charge in [0, 0.05) is 18.3 Å². The third-order valence-corrected chi connectivity index (χ3v) is 2.77. The van der Waals surface area contributed by atoms with Crippen molar-refractivity contribution in [3.05, 3.63) is 57.8 Å². The fourth-order valence-corrected chi connectivity index (χ4v) is 1.86. The summed E-state index contributed by atoms with van der Waals surface area (Å²) in [6.07, 6.45) is 1.50. The van der Waals surface area contributed by atoms with Gasteiger partial charge in [0.1, 0.15) is 5.75 Å². The second kappa shape index (κ2) is 6.12. The van der Waals surface area contributed by atoms with Crippen LogP contribution in [0.1, 0.15) is 11.1 Å². The Labute approximate surface area is 116 Å². The molecule has 2 rings (SSSR count). The van der Waals surface area contributed by atoms with Gasteiger partial charge in [-0.05, 0) is 37.7 Å². The molecule has 0 bridgehead atoms. The van der Waals surface area contributed by atoms with E-state index in [0.29, 0.717) is 17.9 Å². The summed E-state index contributed by atoms with van der Waals surface area (Å²) >= 11 is 0. The van der Waals surface area contributed by atoms with E-state index in [1.165, 1.54) is 6.20 Å². The molecule has 1 aromatic carbocycles. The predicted molar refractivity (Wildman–Crippen MR) is 74.9 cm³/mol. The van der Waals surface area contributed by atoms with E-state index < -0.39 is 4.92 Å². The summed E-state index contributed by atoms with van der Waals surface area (Å²) in [5.74, 6) is 0.538. The standard InChI is InChI=1S/C14H15N3O3/c1-10-6-7-16-14(13(10)17(18)19)20-12-5-3-4-11(8-12)9-15-2/h3-8,15H,9H2,1-2H3. The van der Waals surface area contributed by atoms with Crippen molar-refractivity contribution >= 4 is 5.69 Å². The van der Waals surface area contributed by atoms with Crippen LogP contribution in [0.2, 0.25) is 0 Å². The van der Waals surface area contributed by atoms with E-state index in [1.807, 2.05) is 25.2 Å². The highest BCUT2D eigenvalue weighted by Crippen LogP contribution is 2.31. The Morgan fingerprint density at radius 2 is 2.20 bits per heavy atom. The Morgan fingerprint density at radius 1 is 1.40 bits per heavy atom. The van der Waals surface area contributed by atoms with Gasteiger partial charge in [-0.15, -0.1) is 0 Å². The van der Waals surface area contributed by atoms with Crippen LogP contribution >= 0.6 is 0 Å². The maximum atomic E-state index is 11.1. The molecule has 20 heavy (non-hydrogen) atoms. The highest BCUT2D eigenvalue weighted by atomic mass is 16.6. The minimum atomic E-state index is -0.477. The number of benzene rings is 1. The number of ether oxygens (including phenoxy) is 1. The lowest BCUT2D eigenvalue weighted by molar-refractivity contribution is -0.386. The summed E-state index contributed by atoms with van der Waals surface area (Å²) in [6, 6.07) is 8.94. The number of hydrogen-bond donors (Lipinski definition) is 1. The molecule has 6 nitrogen and oxygen atoms in total. The zero-order valence-corrected chi connectivity index (χ0v) is 11.3. The van der Waals surface area contributed by atoms with Crippen LogP contribution in [0.25, 0.3) is 0 Å². The molecule has 6 heteroatoms. The molecular weight excluding hydrogens is 258 g/mol. The first-order valence-corrected chi connectivity index (χ1v) is 6.13. The molecule has 104 valence electrons. The summed E-state index contributed by atoms with van der Waals surface area (Å²) in [5, 5.41) is 14.1. The van der Waals surface area contributed by atoms with Crippen LogP contribution in [0, 0.1) is 17.0 Å². The minimum Gasteiger partial charge on any atom is -0.434 e. The number of nitrogens with zero attached hydrogens (tertiary/aromatic N) is 2. The van der Waals surface area contributed by atoms with Crippen LogP contribution in [0.4, 0.5) is 5.69 Å². The van der Waals surface area contributed by atoms with Gasteiger partial charge in [-0.2, -0.15) is 0 Å². The van der Waals surface area contributed by atoms with Crippen LogP contribution < -0.4 is 10.1 Å². The Hall–Kier alpha value is -2.47. The fourth-order valence-electron chi connectivity index (χ4n) is 1.86. The SMILES string of the molecule is CNCc1cccc(Oc2nccc(C)c2[N+](=O)[O-])c1. The van der Waals surface area contributed by atoms with Gasteiger partial charge in [0.15, 0.2) is 0 Å². The molecule has 0 amide bonds. The highest BCUT2D eigenvalue weighted by molar-refractivity contribution is 5.49. The molecule has 1 heterocycles. The Morgan fingerprint density at radius 3 is 2.90 bits per heavy atom. The third kappa shape index (κ3) is 3.10.